The van der Waals surface area contributed by atoms with Crippen molar-refractivity contribution in [2.24, 2.45) is 0 Å². The fourth-order valence-corrected chi connectivity index (χ4v) is 1.29. The van der Waals surface area contributed by atoms with Crippen LogP contribution in [0.15, 0.2) is 25.1 Å². The molecule has 0 aromatic carbocycles. The fourth-order valence-electron chi connectivity index (χ4n) is 1.29. The highest BCUT2D eigenvalue weighted by Gasteiger charge is 2.38. The number of carbonyl (C=O) groups is 1. The van der Waals surface area contributed by atoms with Gasteiger partial charge in [0.1, 0.15) is 12.7 Å². The molecule has 0 bridgehead atoms. The molecule has 1 rings (SSSR count). The molecule has 1 atom stereocenters. The van der Waals surface area contributed by atoms with Crippen LogP contribution in [-0.4, -0.2) is 40.8 Å². The van der Waals surface area contributed by atoms with Gasteiger partial charge in [0, 0.05) is 7.05 Å². The number of hydrogen-bond acceptors (Lipinski definition) is 2. The largest absolute Gasteiger partial charge is 0.520 e. The highest BCUT2D eigenvalue weighted by Crippen LogP contribution is 2.16. The molecular weight excluding hydrogens is 156 g/mol. The van der Waals surface area contributed by atoms with Gasteiger partial charge in [-0.1, -0.05) is 6.58 Å². The number of quaternary nitrogens is 1. The second-order valence-electron chi connectivity index (χ2n) is 2.98. The van der Waals surface area contributed by atoms with Gasteiger partial charge in [0.2, 0.25) is 0 Å². The van der Waals surface area contributed by atoms with Crippen molar-refractivity contribution in [2.75, 3.05) is 20.3 Å². The normalized spacial score (nSPS) is 27.6. The Morgan fingerprint density at radius 2 is 2.58 bits per heavy atom. The molecule has 0 radical (unpaired) electrons. The quantitative estimate of drug-likeness (QED) is 0.496. The van der Waals surface area contributed by atoms with Gasteiger partial charge in [-0.25, -0.2) is 0 Å². The fraction of sp³-hybridized carbons (Fsp3) is 0.375. The molecule has 66 valence electrons. The van der Waals surface area contributed by atoms with E-state index in [1.165, 1.54) is 0 Å². The summed E-state index contributed by atoms with van der Waals surface area (Å²) in [5, 5.41) is 8.96. The van der Waals surface area contributed by atoms with Crippen molar-refractivity contribution < 1.29 is 14.4 Å². The summed E-state index contributed by atoms with van der Waals surface area (Å²) in [6.07, 6.45) is 4.23. The molecule has 0 saturated carbocycles. The van der Waals surface area contributed by atoms with E-state index in [9.17, 15) is 4.79 Å². The lowest BCUT2D eigenvalue weighted by molar-refractivity contribution is -0.801. The molecule has 0 spiro atoms. The minimum absolute atomic E-state index is 0.0694. The van der Waals surface area contributed by atoms with Crippen molar-refractivity contribution in [1.29, 1.82) is 0 Å². The van der Waals surface area contributed by atoms with E-state index in [4.69, 9.17) is 5.11 Å². The van der Waals surface area contributed by atoms with Crippen molar-refractivity contribution >= 4 is 6.09 Å². The van der Waals surface area contributed by atoms with Crippen molar-refractivity contribution in [1.82, 2.24) is 4.90 Å². The average Bonchev–Trinajstić information content (AvgIpc) is 2.34. The summed E-state index contributed by atoms with van der Waals surface area (Å²) in [6, 6.07) is 0. The minimum atomic E-state index is -0.837. The molecule has 1 aliphatic rings. The highest BCUT2D eigenvalue weighted by atomic mass is 16.4. The average molecular weight is 169 g/mol. The van der Waals surface area contributed by atoms with Gasteiger partial charge in [0.25, 0.3) is 0 Å². The Morgan fingerprint density at radius 1 is 1.92 bits per heavy atom. The highest BCUT2D eigenvalue weighted by molar-refractivity contribution is 5.58. The van der Waals surface area contributed by atoms with E-state index in [-0.39, 0.29) is 4.48 Å². The Bertz CT molecular complexity index is 237. The third-order valence-electron chi connectivity index (χ3n) is 1.92. The van der Waals surface area contributed by atoms with Crippen molar-refractivity contribution in [3.8, 4) is 0 Å². The lowest BCUT2D eigenvalue weighted by Gasteiger charge is -2.24. The molecule has 1 N–H and O–H groups in total. The van der Waals surface area contributed by atoms with Gasteiger partial charge >= 0.3 is 6.09 Å². The predicted molar refractivity (Wildman–Crippen MR) is 45.1 cm³/mol. The summed E-state index contributed by atoms with van der Waals surface area (Å²) in [4.78, 5) is 12.8. The maximum Gasteiger partial charge on any atom is 0.520 e. The van der Waals surface area contributed by atoms with Crippen molar-refractivity contribution in [3.05, 3.63) is 25.1 Å². The summed E-state index contributed by atoms with van der Waals surface area (Å²) >= 11 is 0. The lowest BCUT2D eigenvalue weighted by Crippen LogP contribution is -2.48. The Hall–Kier alpha value is -1.29. The number of amides is 1. The molecule has 4 heteroatoms. The summed E-state index contributed by atoms with van der Waals surface area (Å²) < 4.78 is -0.0694. The monoisotopic (exact) mass is 169 g/mol. The maximum atomic E-state index is 10.9. The van der Waals surface area contributed by atoms with E-state index in [0.717, 1.165) is 0 Å². The molecule has 1 aliphatic heterocycles. The third kappa shape index (κ3) is 1.33. The topological polar surface area (TPSA) is 40.5 Å². The standard InChI is InChI=1S/C8H12N2O2/c1-3-5-10(8(11)12)6-4-9(2)7-10/h3-4,6H,1,5,7H2,2H3/p+1. The van der Waals surface area contributed by atoms with Gasteiger partial charge in [-0.3, -0.25) is 0 Å². The van der Waals surface area contributed by atoms with E-state index in [1.807, 2.05) is 11.9 Å². The number of nitrogens with zero attached hydrogens (tertiary/aromatic N) is 2. The molecule has 0 fully saturated rings. The Morgan fingerprint density at radius 3 is 2.92 bits per heavy atom. The number of hydrogen-bond donors (Lipinski definition) is 1. The molecule has 1 unspecified atom stereocenters. The van der Waals surface area contributed by atoms with Crippen LogP contribution >= 0.6 is 0 Å². The summed E-state index contributed by atoms with van der Waals surface area (Å²) in [5.74, 6) is 0. The zero-order chi connectivity index (χ0) is 9.19. The molecule has 0 aromatic rings. The van der Waals surface area contributed by atoms with Crippen LogP contribution in [0.1, 0.15) is 0 Å². The van der Waals surface area contributed by atoms with Crippen LogP contribution in [0.5, 0.6) is 0 Å². The number of rotatable bonds is 2. The summed E-state index contributed by atoms with van der Waals surface area (Å²) in [6.45, 7) is 4.45. The summed E-state index contributed by atoms with van der Waals surface area (Å²) in [7, 11) is 1.85. The van der Waals surface area contributed by atoms with Crippen LogP contribution in [0.2, 0.25) is 0 Å². The molecule has 0 aromatic heterocycles. The number of carboxylic acid groups (broad SMARTS) is 1. The van der Waals surface area contributed by atoms with Gasteiger partial charge < -0.3 is 10.0 Å². The molecule has 12 heavy (non-hydrogen) atoms. The molecule has 0 saturated heterocycles. The first-order chi connectivity index (χ1) is 5.60. The van der Waals surface area contributed by atoms with E-state index in [0.29, 0.717) is 13.2 Å². The molecular formula is C8H13N2O2+. The van der Waals surface area contributed by atoms with Gasteiger partial charge in [-0.05, 0) is 6.08 Å². The molecule has 0 aliphatic carbocycles. The van der Waals surface area contributed by atoms with Crippen LogP contribution in [0.25, 0.3) is 0 Å². The van der Waals surface area contributed by atoms with Gasteiger partial charge in [-0.2, -0.15) is 9.28 Å². The van der Waals surface area contributed by atoms with Crippen molar-refractivity contribution in [2.45, 2.75) is 0 Å². The SMILES string of the molecule is C=CC[N+]1(C(=O)O)C=CN(C)C1. The second kappa shape index (κ2) is 2.98. The lowest BCUT2D eigenvalue weighted by atomic mass is 10.4. The van der Waals surface area contributed by atoms with Crippen molar-refractivity contribution in [3.63, 3.8) is 0 Å². The smallest absolute Gasteiger partial charge is 0.435 e. The first-order valence-electron chi connectivity index (χ1n) is 3.71. The Labute approximate surface area is 71.6 Å². The molecule has 1 amide bonds. The van der Waals surface area contributed by atoms with Crippen LogP contribution in [-0.2, 0) is 0 Å². The van der Waals surface area contributed by atoms with E-state index in [2.05, 4.69) is 6.58 Å². The Balaban J connectivity index is 2.82. The van der Waals surface area contributed by atoms with Gasteiger partial charge in [0.05, 0.1) is 6.20 Å². The zero-order valence-corrected chi connectivity index (χ0v) is 7.10. The summed E-state index contributed by atoms with van der Waals surface area (Å²) in [5.41, 5.74) is 0. The Kier molecular flexibility index (Phi) is 2.19. The van der Waals surface area contributed by atoms with E-state index >= 15 is 0 Å². The molecule has 4 nitrogen and oxygen atoms in total. The van der Waals surface area contributed by atoms with Gasteiger partial charge in [-0.15, -0.1) is 0 Å². The first kappa shape index (κ1) is 8.80. The molecule has 1 heterocycles. The van der Waals surface area contributed by atoms with Gasteiger partial charge in [0.15, 0.2) is 6.67 Å². The predicted octanol–water partition coefficient (Wildman–Crippen LogP) is 1.04. The minimum Gasteiger partial charge on any atom is -0.435 e. The van der Waals surface area contributed by atoms with E-state index < -0.39 is 6.09 Å². The second-order valence-corrected chi connectivity index (χ2v) is 2.98. The maximum absolute atomic E-state index is 10.9. The third-order valence-corrected chi connectivity index (χ3v) is 1.92. The van der Waals surface area contributed by atoms with Crippen LogP contribution in [0.3, 0.4) is 0 Å². The zero-order valence-electron chi connectivity index (χ0n) is 7.10. The van der Waals surface area contributed by atoms with Crippen LogP contribution < -0.4 is 0 Å². The van der Waals surface area contributed by atoms with Crippen LogP contribution in [0, 0.1) is 0 Å². The first-order valence-corrected chi connectivity index (χ1v) is 3.71. The van der Waals surface area contributed by atoms with E-state index in [1.54, 1.807) is 18.5 Å². The van der Waals surface area contributed by atoms with Crippen LogP contribution in [0.4, 0.5) is 4.79 Å².